The molecule has 0 radical (unpaired) electrons. The van der Waals surface area contributed by atoms with E-state index in [0.29, 0.717) is 16.4 Å². The van der Waals surface area contributed by atoms with Crippen molar-refractivity contribution >= 4 is 17.5 Å². The normalized spacial score (nSPS) is 17.7. The Balaban J connectivity index is 1.75. The molecule has 1 saturated heterocycles. The maximum atomic E-state index is 13.1. The van der Waals surface area contributed by atoms with Crippen LogP contribution in [0.3, 0.4) is 0 Å². The summed E-state index contributed by atoms with van der Waals surface area (Å²) in [5, 5.41) is 14.3. The van der Waals surface area contributed by atoms with E-state index in [1.165, 1.54) is 0 Å². The Morgan fingerprint density at radius 3 is 2.88 bits per heavy atom. The lowest BCUT2D eigenvalue weighted by Gasteiger charge is -2.36. The third-order valence-corrected chi connectivity index (χ3v) is 5.37. The van der Waals surface area contributed by atoms with E-state index in [1.54, 1.807) is 23.9 Å². The zero-order chi connectivity index (χ0) is 18.0. The molecule has 1 amide bonds. The molecule has 2 heterocycles. The van der Waals surface area contributed by atoms with Gasteiger partial charge in [-0.1, -0.05) is 23.7 Å². The Hall–Kier alpha value is -2.01. The van der Waals surface area contributed by atoms with Gasteiger partial charge in [0.2, 0.25) is 0 Å². The van der Waals surface area contributed by atoms with Gasteiger partial charge in [0.1, 0.15) is 11.4 Å². The van der Waals surface area contributed by atoms with Crippen LogP contribution in [0.4, 0.5) is 0 Å². The van der Waals surface area contributed by atoms with Gasteiger partial charge >= 0.3 is 0 Å². The topological polar surface area (TPSA) is 58.4 Å². The van der Waals surface area contributed by atoms with Gasteiger partial charge in [0.25, 0.3) is 5.91 Å². The second-order valence-electron chi connectivity index (χ2n) is 6.73. The van der Waals surface area contributed by atoms with Crippen LogP contribution in [0.5, 0.6) is 5.75 Å². The molecule has 0 saturated carbocycles. The second kappa shape index (κ2) is 7.48. The van der Waals surface area contributed by atoms with E-state index in [2.05, 4.69) is 5.10 Å². The average molecular weight is 362 g/mol. The highest BCUT2D eigenvalue weighted by Gasteiger charge is 2.31. The summed E-state index contributed by atoms with van der Waals surface area (Å²) < 4.78 is 1.58. The minimum absolute atomic E-state index is 0.0336. The largest absolute Gasteiger partial charge is 0.508 e. The van der Waals surface area contributed by atoms with Gasteiger partial charge in [0.15, 0.2) is 0 Å². The van der Waals surface area contributed by atoms with E-state index >= 15 is 0 Å². The fraction of sp³-hybridized carbons (Fsp3) is 0.474. The molecule has 1 aromatic heterocycles. The number of rotatable bonds is 4. The van der Waals surface area contributed by atoms with Gasteiger partial charge in [-0.25, -0.2) is 0 Å². The first-order valence-electron chi connectivity index (χ1n) is 8.75. The van der Waals surface area contributed by atoms with E-state index in [1.807, 2.05) is 24.0 Å². The second-order valence-corrected chi connectivity index (χ2v) is 7.11. The fourth-order valence-corrected chi connectivity index (χ4v) is 3.85. The Bertz CT molecular complexity index is 772. The number of benzene rings is 1. The number of aromatic nitrogens is 2. The van der Waals surface area contributed by atoms with Crippen LogP contribution in [0.15, 0.2) is 24.3 Å². The van der Waals surface area contributed by atoms with Crippen molar-refractivity contribution in [1.29, 1.82) is 0 Å². The number of phenolic OH excluding ortho intramolecular Hbond substituents is 1. The van der Waals surface area contributed by atoms with Gasteiger partial charge in [0, 0.05) is 19.6 Å². The van der Waals surface area contributed by atoms with Crippen LogP contribution < -0.4 is 0 Å². The molecule has 0 bridgehead atoms. The zero-order valence-corrected chi connectivity index (χ0v) is 15.5. The van der Waals surface area contributed by atoms with E-state index in [4.69, 9.17) is 11.6 Å². The zero-order valence-electron chi connectivity index (χ0n) is 14.7. The summed E-state index contributed by atoms with van der Waals surface area (Å²) in [6, 6.07) is 7.51. The van der Waals surface area contributed by atoms with Crippen LogP contribution in [-0.2, 0) is 13.5 Å². The summed E-state index contributed by atoms with van der Waals surface area (Å²) in [4.78, 5) is 15.0. The first-order valence-corrected chi connectivity index (χ1v) is 9.13. The molecule has 1 aliphatic heterocycles. The van der Waals surface area contributed by atoms with Crippen molar-refractivity contribution in [1.82, 2.24) is 14.7 Å². The SMILES string of the molecule is Cc1nn(C)c(C(=O)N2CCCC[C@H]2CCc2cccc(O)c2)c1Cl. The van der Waals surface area contributed by atoms with Crippen molar-refractivity contribution in [3.8, 4) is 5.75 Å². The first kappa shape index (κ1) is 17.8. The first-order chi connectivity index (χ1) is 12.0. The molecular weight excluding hydrogens is 338 g/mol. The number of hydrogen-bond acceptors (Lipinski definition) is 3. The molecule has 0 unspecified atom stereocenters. The predicted octanol–water partition coefficient (Wildman–Crippen LogP) is 3.72. The summed E-state index contributed by atoms with van der Waals surface area (Å²) in [7, 11) is 1.76. The number of piperidine rings is 1. The highest BCUT2D eigenvalue weighted by atomic mass is 35.5. The molecule has 134 valence electrons. The number of aromatic hydroxyl groups is 1. The number of aryl methyl sites for hydroxylation is 3. The van der Waals surface area contributed by atoms with Gasteiger partial charge in [-0.05, 0) is 56.7 Å². The monoisotopic (exact) mass is 361 g/mol. The number of hydrogen-bond donors (Lipinski definition) is 1. The van der Waals surface area contributed by atoms with Crippen molar-refractivity contribution in [3.05, 3.63) is 46.2 Å². The Kier molecular flexibility index (Phi) is 5.33. The number of nitrogens with zero attached hydrogens (tertiary/aromatic N) is 3. The minimum Gasteiger partial charge on any atom is -0.508 e. The highest BCUT2D eigenvalue weighted by molar-refractivity contribution is 6.34. The standard InChI is InChI=1S/C19H24ClN3O2/c1-13-17(20)18(22(2)21-13)19(25)23-11-4-3-7-15(23)10-9-14-6-5-8-16(24)12-14/h5-6,8,12,15,24H,3-4,7,9-11H2,1-2H3/t15-/m0/s1. The Labute approximate surface area is 153 Å². The summed E-state index contributed by atoms with van der Waals surface area (Å²) in [6.45, 7) is 2.57. The quantitative estimate of drug-likeness (QED) is 0.903. The molecule has 0 aliphatic carbocycles. The third kappa shape index (κ3) is 3.82. The lowest BCUT2D eigenvalue weighted by molar-refractivity contribution is 0.0590. The lowest BCUT2D eigenvalue weighted by Crippen LogP contribution is -2.44. The Morgan fingerprint density at radius 2 is 2.20 bits per heavy atom. The van der Waals surface area contributed by atoms with E-state index < -0.39 is 0 Å². The molecule has 2 aromatic rings. The minimum atomic E-state index is -0.0336. The lowest BCUT2D eigenvalue weighted by atomic mass is 9.95. The molecule has 5 nitrogen and oxygen atoms in total. The van der Waals surface area contributed by atoms with Crippen molar-refractivity contribution < 1.29 is 9.90 Å². The highest BCUT2D eigenvalue weighted by Crippen LogP contribution is 2.27. The average Bonchev–Trinajstić information content (AvgIpc) is 2.85. The number of likely N-dealkylation sites (tertiary alicyclic amines) is 1. The van der Waals surface area contributed by atoms with Gasteiger partial charge in [-0.2, -0.15) is 5.10 Å². The molecule has 1 aromatic carbocycles. The molecular formula is C19H24ClN3O2. The van der Waals surface area contributed by atoms with Gasteiger partial charge in [0.05, 0.1) is 10.7 Å². The molecule has 6 heteroatoms. The molecule has 1 fully saturated rings. The summed E-state index contributed by atoms with van der Waals surface area (Å²) in [6.07, 6.45) is 4.86. The Morgan fingerprint density at radius 1 is 1.40 bits per heavy atom. The molecule has 25 heavy (non-hydrogen) atoms. The van der Waals surface area contributed by atoms with Crippen molar-refractivity contribution in [3.63, 3.8) is 0 Å². The summed E-state index contributed by atoms with van der Waals surface area (Å²) in [5.74, 6) is 0.250. The van der Waals surface area contributed by atoms with Crippen LogP contribution in [-0.4, -0.2) is 38.3 Å². The van der Waals surface area contributed by atoms with Gasteiger partial charge in [-0.3, -0.25) is 9.48 Å². The van der Waals surface area contributed by atoms with Gasteiger partial charge in [-0.15, -0.1) is 0 Å². The number of halogens is 1. The smallest absolute Gasteiger partial charge is 0.273 e. The number of amides is 1. The summed E-state index contributed by atoms with van der Waals surface area (Å²) >= 11 is 6.31. The van der Waals surface area contributed by atoms with E-state index in [0.717, 1.165) is 44.2 Å². The molecule has 1 N–H and O–H groups in total. The van der Waals surface area contributed by atoms with Crippen molar-refractivity contribution in [2.75, 3.05) is 6.54 Å². The fourth-order valence-electron chi connectivity index (χ4n) is 3.61. The van der Waals surface area contributed by atoms with Crippen LogP contribution in [0.1, 0.15) is 47.4 Å². The van der Waals surface area contributed by atoms with Crippen LogP contribution in [0, 0.1) is 6.92 Å². The van der Waals surface area contributed by atoms with E-state index in [-0.39, 0.29) is 17.7 Å². The van der Waals surface area contributed by atoms with Crippen LogP contribution in [0.25, 0.3) is 0 Å². The van der Waals surface area contributed by atoms with Gasteiger partial charge < -0.3 is 10.0 Å². The maximum Gasteiger partial charge on any atom is 0.273 e. The molecule has 3 rings (SSSR count). The number of carbonyl (C=O) groups is 1. The molecule has 1 atom stereocenters. The third-order valence-electron chi connectivity index (χ3n) is 4.92. The molecule has 0 spiro atoms. The van der Waals surface area contributed by atoms with Crippen LogP contribution in [0.2, 0.25) is 5.02 Å². The number of phenols is 1. The van der Waals surface area contributed by atoms with Crippen molar-refractivity contribution in [2.24, 2.45) is 7.05 Å². The maximum absolute atomic E-state index is 13.1. The molecule has 1 aliphatic rings. The number of carbonyl (C=O) groups excluding carboxylic acids is 1. The van der Waals surface area contributed by atoms with Crippen molar-refractivity contribution in [2.45, 2.75) is 45.1 Å². The summed E-state index contributed by atoms with van der Waals surface area (Å²) in [5.41, 5.74) is 2.25. The van der Waals surface area contributed by atoms with Crippen LogP contribution >= 0.6 is 11.6 Å². The van der Waals surface area contributed by atoms with E-state index in [9.17, 15) is 9.90 Å². The predicted molar refractivity (Wildman–Crippen MR) is 98.1 cm³/mol.